The molecule has 7 nitrogen and oxygen atoms in total. The highest BCUT2D eigenvalue weighted by molar-refractivity contribution is 5.81. The van der Waals surface area contributed by atoms with E-state index in [0.717, 1.165) is 32.2 Å². The molecule has 1 unspecified atom stereocenters. The molecule has 0 fully saturated rings. The van der Waals surface area contributed by atoms with Gasteiger partial charge in [0, 0.05) is 19.0 Å². The molecule has 0 rings (SSSR count). The van der Waals surface area contributed by atoms with Crippen LogP contribution < -0.4 is 0 Å². The Bertz CT molecular complexity index is 1160. The van der Waals surface area contributed by atoms with Gasteiger partial charge in [0.05, 0.1) is 12.8 Å². The zero-order chi connectivity index (χ0) is 40.3. The van der Waals surface area contributed by atoms with Crippen molar-refractivity contribution in [1.29, 1.82) is 0 Å². The first-order valence-corrected chi connectivity index (χ1v) is 20.9. The first kappa shape index (κ1) is 50.8. The van der Waals surface area contributed by atoms with E-state index in [1.807, 2.05) is 36.5 Å². The van der Waals surface area contributed by atoms with Crippen LogP contribution in [0, 0.1) is 10.8 Å². The first-order chi connectivity index (χ1) is 25.8. The van der Waals surface area contributed by atoms with Gasteiger partial charge < -0.3 is 19.1 Å². The molecule has 0 N–H and O–H groups in total. The third-order valence-electron chi connectivity index (χ3n) is 8.70. The van der Waals surface area contributed by atoms with E-state index in [-0.39, 0.29) is 41.3 Å². The summed E-state index contributed by atoms with van der Waals surface area (Å²) >= 11 is 0. The number of hydrogen-bond donors (Lipinski definition) is 0. The van der Waals surface area contributed by atoms with Crippen molar-refractivity contribution in [2.75, 3.05) is 33.9 Å². The number of carbonyl (C=O) groups excluding carboxylic acids is 3. The van der Waals surface area contributed by atoms with Gasteiger partial charge in [-0.15, -0.1) is 0 Å². The third kappa shape index (κ3) is 34.6. The van der Waals surface area contributed by atoms with Crippen LogP contribution in [0.4, 0.5) is 0 Å². The predicted molar refractivity (Wildman–Crippen MR) is 227 cm³/mol. The Balaban J connectivity index is 4.90. The van der Waals surface area contributed by atoms with Gasteiger partial charge >= 0.3 is 17.9 Å². The summed E-state index contributed by atoms with van der Waals surface area (Å²) in [7, 11) is 4.16. The second-order valence-corrected chi connectivity index (χ2v) is 16.3. The molecule has 308 valence electrons. The molecule has 7 heteroatoms. The maximum Gasteiger partial charge on any atom is 0.330 e. The number of hydrogen-bond acceptors (Lipinski definition) is 7. The highest BCUT2D eigenvalue weighted by Crippen LogP contribution is 2.37. The molecule has 0 amide bonds. The molecule has 0 saturated carbocycles. The maximum atomic E-state index is 13.2. The fourth-order valence-electron chi connectivity index (χ4n) is 6.68. The average Bonchev–Trinajstić information content (AvgIpc) is 3.08. The smallest absolute Gasteiger partial charge is 0.330 e. The number of carbonyl (C=O) groups is 3. The van der Waals surface area contributed by atoms with E-state index >= 15 is 0 Å². The van der Waals surface area contributed by atoms with E-state index in [2.05, 4.69) is 84.8 Å². The minimum absolute atomic E-state index is 0.0743. The summed E-state index contributed by atoms with van der Waals surface area (Å²) in [4.78, 5) is 39.4. The molecule has 1 atom stereocenters. The Labute approximate surface area is 331 Å². The quantitative estimate of drug-likeness (QED) is 0.0217. The highest BCUT2D eigenvalue weighted by atomic mass is 16.5. The fourth-order valence-corrected chi connectivity index (χ4v) is 6.68. The van der Waals surface area contributed by atoms with Crippen LogP contribution in [0.2, 0.25) is 0 Å². The van der Waals surface area contributed by atoms with Gasteiger partial charge in [0.2, 0.25) is 0 Å². The number of esters is 3. The minimum atomic E-state index is -0.336. The van der Waals surface area contributed by atoms with Crippen molar-refractivity contribution >= 4 is 17.9 Å². The molecule has 0 bridgehead atoms. The van der Waals surface area contributed by atoms with Crippen LogP contribution in [-0.4, -0.2) is 62.8 Å². The predicted octanol–water partition coefficient (Wildman–Crippen LogP) is 12.0. The van der Waals surface area contributed by atoms with E-state index in [1.54, 1.807) is 6.08 Å². The summed E-state index contributed by atoms with van der Waals surface area (Å²) in [6.45, 7) is 14.8. The number of nitrogens with zero attached hydrogens (tertiary/aromatic N) is 1. The van der Waals surface area contributed by atoms with Crippen molar-refractivity contribution in [3.63, 3.8) is 0 Å². The standard InChI is InChI=1S/C47H79NO6/c1-9-11-13-15-17-25-31-37-52-43(49)35-29-23-19-21-27-33-42(54-45(51)39-46(3,4)40-47(5,6)41-48(7)8)34-28-22-20-24-30-36-44(50)53-38-32-26-18-16-14-12-10-2/h19,21-22,24-26,28-32,35,42H,9-18,20,23,27,33-34,36-41H2,1-8H3/b21-19-,28-22-,30-24-,31-25-,32-26-,35-29-. The zero-order valence-electron chi connectivity index (χ0n) is 35.8. The molecule has 0 heterocycles. The molecule has 0 aliphatic carbocycles. The van der Waals surface area contributed by atoms with E-state index in [1.165, 1.54) is 57.4 Å². The number of rotatable bonds is 33. The van der Waals surface area contributed by atoms with E-state index in [4.69, 9.17) is 14.2 Å². The Hall–Kier alpha value is -3.19. The van der Waals surface area contributed by atoms with Crippen LogP contribution >= 0.6 is 0 Å². The second-order valence-electron chi connectivity index (χ2n) is 16.3. The van der Waals surface area contributed by atoms with Crippen molar-refractivity contribution < 1.29 is 28.6 Å². The molecule has 0 saturated heterocycles. The van der Waals surface area contributed by atoms with Gasteiger partial charge in [-0.1, -0.05) is 147 Å². The topological polar surface area (TPSA) is 82.1 Å². The lowest BCUT2D eigenvalue weighted by molar-refractivity contribution is -0.152. The SMILES string of the molecule is CCCCCC/C=C\COC(=O)/C=C\C/C=C\CCC(C/C=C\C/C=C\CC(=O)OC/C=C\CCCCCC)OC(=O)CC(C)(C)CC(C)(C)CN(C)C. The minimum Gasteiger partial charge on any atom is -0.462 e. The van der Waals surface area contributed by atoms with Gasteiger partial charge in [-0.3, -0.25) is 9.59 Å². The van der Waals surface area contributed by atoms with E-state index in [0.29, 0.717) is 45.3 Å². The molecule has 0 aromatic rings. The summed E-state index contributed by atoms with van der Waals surface area (Å²) in [6, 6.07) is 0. The summed E-state index contributed by atoms with van der Waals surface area (Å²) in [6.07, 6.45) is 39.8. The molecule has 0 aliphatic rings. The van der Waals surface area contributed by atoms with Crippen LogP contribution in [0.15, 0.2) is 72.9 Å². The monoisotopic (exact) mass is 754 g/mol. The number of ether oxygens (including phenoxy) is 3. The van der Waals surface area contributed by atoms with Gasteiger partial charge in [-0.05, 0) is 82.7 Å². The number of unbranched alkanes of at least 4 members (excludes halogenated alkanes) is 8. The van der Waals surface area contributed by atoms with Crippen LogP contribution in [0.25, 0.3) is 0 Å². The Morgan fingerprint density at radius 1 is 0.611 bits per heavy atom. The van der Waals surface area contributed by atoms with Gasteiger partial charge in [0.1, 0.15) is 19.3 Å². The molecule has 0 radical (unpaired) electrons. The average molecular weight is 754 g/mol. The van der Waals surface area contributed by atoms with Crippen LogP contribution in [0.5, 0.6) is 0 Å². The van der Waals surface area contributed by atoms with Crippen molar-refractivity contribution in [3.05, 3.63) is 72.9 Å². The fraction of sp³-hybridized carbons (Fsp3) is 0.681. The van der Waals surface area contributed by atoms with Crippen molar-refractivity contribution in [2.45, 2.75) is 163 Å². The van der Waals surface area contributed by atoms with Gasteiger partial charge in [-0.25, -0.2) is 4.79 Å². The maximum absolute atomic E-state index is 13.2. The van der Waals surface area contributed by atoms with Crippen molar-refractivity contribution in [3.8, 4) is 0 Å². The molecular formula is C47H79NO6. The largest absolute Gasteiger partial charge is 0.462 e. The molecular weight excluding hydrogens is 675 g/mol. The molecule has 54 heavy (non-hydrogen) atoms. The summed E-state index contributed by atoms with van der Waals surface area (Å²) in [5.74, 6) is -0.733. The Morgan fingerprint density at radius 3 is 1.81 bits per heavy atom. The zero-order valence-corrected chi connectivity index (χ0v) is 35.8. The van der Waals surface area contributed by atoms with Crippen molar-refractivity contribution in [2.24, 2.45) is 10.8 Å². The van der Waals surface area contributed by atoms with Crippen LogP contribution in [0.3, 0.4) is 0 Å². The lowest BCUT2D eigenvalue weighted by atomic mass is 9.73. The second kappa shape index (κ2) is 33.2. The molecule has 0 aliphatic heterocycles. The number of allylic oxidation sites excluding steroid dienone is 7. The Kier molecular flexibility index (Phi) is 31.2. The van der Waals surface area contributed by atoms with E-state index in [9.17, 15) is 14.4 Å². The summed E-state index contributed by atoms with van der Waals surface area (Å²) in [5, 5.41) is 0. The molecule has 0 aromatic carbocycles. The van der Waals surface area contributed by atoms with E-state index < -0.39 is 0 Å². The van der Waals surface area contributed by atoms with Gasteiger partial charge in [0.15, 0.2) is 0 Å². The van der Waals surface area contributed by atoms with Crippen LogP contribution in [0.1, 0.15) is 157 Å². The van der Waals surface area contributed by atoms with Crippen LogP contribution in [-0.2, 0) is 28.6 Å². The Morgan fingerprint density at radius 2 is 1.19 bits per heavy atom. The van der Waals surface area contributed by atoms with Crippen molar-refractivity contribution in [1.82, 2.24) is 4.90 Å². The summed E-state index contributed by atoms with van der Waals surface area (Å²) < 4.78 is 16.6. The van der Waals surface area contributed by atoms with Gasteiger partial charge in [0.25, 0.3) is 0 Å². The first-order valence-electron chi connectivity index (χ1n) is 20.9. The molecule has 0 spiro atoms. The summed E-state index contributed by atoms with van der Waals surface area (Å²) in [5.41, 5.74) is -0.115. The molecule has 0 aromatic heterocycles. The third-order valence-corrected chi connectivity index (χ3v) is 8.70. The highest BCUT2D eigenvalue weighted by Gasteiger charge is 2.32. The lowest BCUT2D eigenvalue weighted by Gasteiger charge is -2.36. The van der Waals surface area contributed by atoms with Gasteiger partial charge in [-0.2, -0.15) is 0 Å². The normalized spacial score (nSPS) is 13.5. The lowest BCUT2D eigenvalue weighted by Crippen LogP contribution is -2.34.